The van der Waals surface area contributed by atoms with Gasteiger partial charge >= 0.3 is 0 Å². The van der Waals surface area contributed by atoms with Gasteiger partial charge in [-0.25, -0.2) is 4.98 Å². The Hall–Kier alpha value is -2.70. The topological polar surface area (TPSA) is 85.5 Å². The summed E-state index contributed by atoms with van der Waals surface area (Å²) in [5.41, 5.74) is 0.590. The van der Waals surface area contributed by atoms with E-state index in [0.29, 0.717) is 18.1 Å². The molecule has 0 saturated heterocycles. The zero-order valence-corrected chi connectivity index (χ0v) is 10.8. The highest BCUT2D eigenvalue weighted by molar-refractivity contribution is 5.52. The molecule has 20 heavy (non-hydrogen) atoms. The Morgan fingerprint density at radius 3 is 3.20 bits per heavy atom. The molecule has 1 aliphatic heterocycles. The first-order chi connectivity index (χ1) is 9.79. The summed E-state index contributed by atoms with van der Waals surface area (Å²) in [6.07, 6.45) is 1.32. The lowest BCUT2D eigenvalue weighted by Crippen LogP contribution is -2.14. The van der Waals surface area contributed by atoms with E-state index in [0.717, 1.165) is 11.3 Å². The minimum atomic E-state index is -0.331. The molecule has 0 bridgehead atoms. The molecule has 2 heterocycles. The molecule has 1 aromatic carbocycles. The number of para-hydroxylation sites is 1. The summed E-state index contributed by atoms with van der Waals surface area (Å²) in [6.45, 7) is 0.665. The van der Waals surface area contributed by atoms with Gasteiger partial charge in [0.2, 0.25) is 12.5 Å². The fraction of sp³-hybridized carbons (Fsp3) is 0.231. The molecular formula is C13H13N3O4. The number of rotatable bonds is 4. The number of benzene rings is 1. The van der Waals surface area contributed by atoms with E-state index in [4.69, 9.17) is 14.2 Å². The number of aromatic nitrogens is 2. The average molecular weight is 275 g/mol. The Kier molecular flexibility index (Phi) is 3.16. The summed E-state index contributed by atoms with van der Waals surface area (Å²) >= 11 is 0. The highest BCUT2D eigenvalue weighted by Gasteiger charge is 2.17. The van der Waals surface area contributed by atoms with Gasteiger partial charge in [-0.05, 0) is 6.07 Å². The minimum absolute atomic E-state index is 0.150. The van der Waals surface area contributed by atoms with Gasteiger partial charge in [-0.2, -0.15) is 0 Å². The molecular weight excluding hydrogens is 262 g/mol. The second-order valence-corrected chi connectivity index (χ2v) is 4.12. The Morgan fingerprint density at radius 1 is 1.45 bits per heavy atom. The van der Waals surface area contributed by atoms with Crippen LogP contribution in [0.25, 0.3) is 0 Å². The van der Waals surface area contributed by atoms with Crippen LogP contribution in [0.2, 0.25) is 0 Å². The van der Waals surface area contributed by atoms with Crippen molar-refractivity contribution < 1.29 is 14.2 Å². The molecule has 3 rings (SSSR count). The van der Waals surface area contributed by atoms with E-state index < -0.39 is 0 Å². The number of methoxy groups -OCH3 is 1. The summed E-state index contributed by atoms with van der Waals surface area (Å²) in [5, 5.41) is 3.06. The summed E-state index contributed by atoms with van der Waals surface area (Å²) < 4.78 is 15.8. The molecule has 1 aliphatic rings. The quantitative estimate of drug-likeness (QED) is 0.869. The molecule has 0 spiro atoms. The van der Waals surface area contributed by atoms with Crippen molar-refractivity contribution in [1.82, 2.24) is 9.97 Å². The molecule has 0 fully saturated rings. The third-order valence-corrected chi connectivity index (χ3v) is 2.94. The second-order valence-electron chi connectivity index (χ2n) is 4.12. The van der Waals surface area contributed by atoms with Crippen molar-refractivity contribution in [2.24, 2.45) is 0 Å². The van der Waals surface area contributed by atoms with Gasteiger partial charge in [0.15, 0.2) is 17.3 Å². The van der Waals surface area contributed by atoms with Crippen molar-refractivity contribution in [3.63, 3.8) is 0 Å². The summed E-state index contributed by atoms with van der Waals surface area (Å²) in [4.78, 5) is 18.1. The van der Waals surface area contributed by atoms with Gasteiger partial charge < -0.3 is 24.5 Å². The van der Waals surface area contributed by atoms with Gasteiger partial charge in [0.25, 0.3) is 5.56 Å². The van der Waals surface area contributed by atoms with E-state index in [9.17, 15) is 4.79 Å². The predicted octanol–water partition coefficient (Wildman–Crippen LogP) is 1.12. The molecule has 0 amide bonds. The van der Waals surface area contributed by atoms with Crippen LogP contribution < -0.4 is 25.1 Å². The van der Waals surface area contributed by atoms with Crippen LogP contribution in [0.5, 0.6) is 17.2 Å². The van der Waals surface area contributed by atoms with Crippen LogP contribution in [0, 0.1) is 0 Å². The summed E-state index contributed by atoms with van der Waals surface area (Å²) in [7, 11) is 1.43. The van der Waals surface area contributed by atoms with Crippen LogP contribution in [-0.4, -0.2) is 23.9 Å². The summed E-state index contributed by atoms with van der Waals surface area (Å²) in [6, 6.07) is 5.64. The van der Waals surface area contributed by atoms with Gasteiger partial charge in [0, 0.05) is 12.1 Å². The minimum Gasteiger partial charge on any atom is -0.489 e. The summed E-state index contributed by atoms with van der Waals surface area (Å²) in [5.74, 6) is 1.96. The maximum Gasteiger partial charge on any atom is 0.295 e. The smallest absolute Gasteiger partial charge is 0.295 e. The van der Waals surface area contributed by atoms with E-state index in [-0.39, 0.29) is 18.1 Å². The van der Waals surface area contributed by atoms with E-state index in [1.165, 1.54) is 13.4 Å². The Morgan fingerprint density at radius 2 is 2.35 bits per heavy atom. The highest BCUT2D eigenvalue weighted by atomic mass is 16.7. The number of hydrogen-bond donors (Lipinski definition) is 2. The molecule has 104 valence electrons. The molecule has 0 atom stereocenters. The zero-order chi connectivity index (χ0) is 13.9. The Bertz CT molecular complexity index is 684. The molecule has 0 unspecified atom stereocenters. The fourth-order valence-corrected chi connectivity index (χ4v) is 2.01. The number of aromatic amines is 1. The second kappa shape index (κ2) is 5.12. The first kappa shape index (κ1) is 12.3. The molecule has 0 aliphatic carbocycles. The molecule has 7 nitrogen and oxygen atoms in total. The molecule has 0 radical (unpaired) electrons. The third-order valence-electron chi connectivity index (χ3n) is 2.94. The van der Waals surface area contributed by atoms with Crippen LogP contribution in [0.1, 0.15) is 5.56 Å². The van der Waals surface area contributed by atoms with Crippen molar-refractivity contribution in [3.8, 4) is 17.2 Å². The number of hydrogen-bond acceptors (Lipinski definition) is 6. The first-order valence-electron chi connectivity index (χ1n) is 6.02. The largest absolute Gasteiger partial charge is 0.489 e. The van der Waals surface area contributed by atoms with Crippen LogP contribution in [0.4, 0.5) is 5.82 Å². The number of H-pyrrole nitrogens is 1. The zero-order valence-electron chi connectivity index (χ0n) is 10.8. The highest BCUT2D eigenvalue weighted by Crippen LogP contribution is 2.35. The SMILES string of the molecule is COc1c(NCc2cccc3c2OCO3)nc[nH]c1=O. The standard InChI is InChI=1S/C13H13N3O4/c1-18-11-12(15-6-16-13(11)17)14-5-8-3-2-4-9-10(8)20-7-19-9/h2-4,6H,5,7H2,1H3,(H2,14,15,16,17). The number of fused-ring (bicyclic) bond motifs is 1. The molecule has 2 aromatic rings. The third kappa shape index (κ3) is 2.13. The number of nitrogens with one attached hydrogen (secondary N) is 2. The van der Waals surface area contributed by atoms with Crippen molar-refractivity contribution in [2.75, 3.05) is 19.2 Å². The van der Waals surface area contributed by atoms with Crippen LogP contribution in [0.3, 0.4) is 0 Å². The number of nitrogens with zero attached hydrogens (tertiary/aromatic N) is 1. The normalized spacial score (nSPS) is 12.2. The van der Waals surface area contributed by atoms with Gasteiger partial charge in [0.05, 0.1) is 13.4 Å². The van der Waals surface area contributed by atoms with E-state index >= 15 is 0 Å². The van der Waals surface area contributed by atoms with Crippen LogP contribution in [0.15, 0.2) is 29.3 Å². The van der Waals surface area contributed by atoms with Crippen LogP contribution in [-0.2, 0) is 6.54 Å². The van der Waals surface area contributed by atoms with Gasteiger partial charge in [-0.3, -0.25) is 4.79 Å². The molecule has 0 saturated carbocycles. The molecule has 1 aromatic heterocycles. The lowest BCUT2D eigenvalue weighted by molar-refractivity contribution is 0.173. The predicted molar refractivity (Wildman–Crippen MR) is 71.3 cm³/mol. The number of anilines is 1. The molecule has 7 heteroatoms. The van der Waals surface area contributed by atoms with Crippen molar-refractivity contribution in [1.29, 1.82) is 0 Å². The van der Waals surface area contributed by atoms with Gasteiger partial charge in [-0.1, -0.05) is 12.1 Å². The Balaban J connectivity index is 1.83. The van der Waals surface area contributed by atoms with E-state index in [1.807, 2.05) is 18.2 Å². The van der Waals surface area contributed by atoms with Crippen molar-refractivity contribution in [3.05, 3.63) is 40.4 Å². The fourth-order valence-electron chi connectivity index (χ4n) is 2.01. The first-order valence-corrected chi connectivity index (χ1v) is 6.02. The Labute approximate surface area is 114 Å². The van der Waals surface area contributed by atoms with Crippen molar-refractivity contribution in [2.45, 2.75) is 6.54 Å². The van der Waals surface area contributed by atoms with E-state index in [1.54, 1.807) is 0 Å². The van der Waals surface area contributed by atoms with Crippen LogP contribution >= 0.6 is 0 Å². The van der Waals surface area contributed by atoms with Gasteiger partial charge in [-0.15, -0.1) is 0 Å². The van der Waals surface area contributed by atoms with Crippen molar-refractivity contribution >= 4 is 5.82 Å². The lowest BCUT2D eigenvalue weighted by atomic mass is 10.2. The monoisotopic (exact) mass is 275 g/mol. The van der Waals surface area contributed by atoms with E-state index in [2.05, 4.69) is 15.3 Å². The maximum atomic E-state index is 11.6. The maximum absolute atomic E-state index is 11.6. The van der Waals surface area contributed by atoms with Gasteiger partial charge in [0.1, 0.15) is 0 Å². The molecule has 2 N–H and O–H groups in total. The number of ether oxygens (including phenoxy) is 3. The lowest BCUT2D eigenvalue weighted by Gasteiger charge is -2.10. The average Bonchev–Trinajstić information content (AvgIpc) is 2.94.